The Morgan fingerprint density at radius 2 is 2.35 bits per heavy atom. The Bertz CT molecular complexity index is 464. The summed E-state index contributed by atoms with van der Waals surface area (Å²) in [4.78, 5) is 9.93. The molecule has 0 aromatic heterocycles. The molecule has 0 bridgehead atoms. The number of halogens is 1. The van der Waals surface area contributed by atoms with E-state index >= 15 is 0 Å². The van der Waals surface area contributed by atoms with Crippen molar-refractivity contribution >= 4 is 11.5 Å². The summed E-state index contributed by atoms with van der Waals surface area (Å²) in [5.74, 6) is -1.24. The number of ether oxygens (including phenoxy) is 1. The van der Waals surface area contributed by atoms with Crippen molar-refractivity contribution < 1.29 is 19.3 Å². The van der Waals surface area contributed by atoms with Gasteiger partial charge in [-0.05, 0) is 13.0 Å². The maximum Gasteiger partial charge on any atom is 0.311 e. The zero-order valence-electron chi connectivity index (χ0n) is 8.83. The number of oxime groups is 1. The number of nitrogens with two attached hydrogens (primary N) is 1. The first-order chi connectivity index (χ1) is 7.95. The quantitative estimate of drug-likeness (QED) is 0.272. The molecule has 1 aromatic carbocycles. The minimum atomic E-state index is -0.916. The van der Waals surface area contributed by atoms with Gasteiger partial charge in [0.15, 0.2) is 11.9 Å². The first-order valence-electron chi connectivity index (χ1n) is 4.53. The van der Waals surface area contributed by atoms with E-state index in [-0.39, 0.29) is 11.6 Å². The average Bonchev–Trinajstić information content (AvgIpc) is 2.27. The van der Waals surface area contributed by atoms with Crippen molar-refractivity contribution in [2.45, 2.75) is 13.0 Å². The van der Waals surface area contributed by atoms with Gasteiger partial charge in [-0.3, -0.25) is 10.1 Å². The fourth-order valence-corrected chi connectivity index (χ4v) is 1.07. The monoisotopic (exact) mass is 243 g/mol. The molecule has 1 unspecified atom stereocenters. The van der Waals surface area contributed by atoms with E-state index in [1.54, 1.807) is 0 Å². The maximum absolute atomic E-state index is 12.9. The van der Waals surface area contributed by atoms with Gasteiger partial charge in [0.1, 0.15) is 5.82 Å². The van der Waals surface area contributed by atoms with Gasteiger partial charge in [0.05, 0.1) is 4.92 Å². The van der Waals surface area contributed by atoms with Gasteiger partial charge < -0.3 is 15.7 Å². The lowest BCUT2D eigenvalue weighted by Crippen LogP contribution is -2.31. The van der Waals surface area contributed by atoms with Gasteiger partial charge in [0, 0.05) is 12.1 Å². The van der Waals surface area contributed by atoms with E-state index in [0.29, 0.717) is 0 Å². The summed E-state index contributed by atoms with van der Waals surface area (Å²) in [6.45, 7) is 1.41. The van der Waals surface area contributed by atoms with E-state index in [9.17, 15) is 14.5 Å². The zero-order valence-corrected chi connectivity index (χ0v) is 8.83. The third kappa shape index (κ3) is 3.03. The minimum Gasteiger partial charge on any atom is -0.475 e. The van der Waals surface area contributed by atoms with E-state index in [1.807, 2.05) is 0 Å². The van der Waals surface area contributed by atoms with Crippen LogP contribution in [0.25, 0.3) is 0 Å². The summed E-state index contributed by atoms with van der Waals surface area (Å²) < 4.78 is 18.0. The molecule has 1 atom stereocenters. The average molecular weight is 243 g/mol. The van der Waals surface area contributed by atoms with Gasteiger partial charge >= 0.3 is 5.69 Å². The minimum absolute atomic E-state index is 0.274. The highest BCUT2D eigenvalue weighted by molar-refractivity contribution is 5.84. The Balaban J connectivity index is 3.04. The molecule has 3 N–H and O–H groups in total. The van der Waals surface area contributed by atoms with Crippen LogP contribution in [0.1, 0.15) is 6.92 Å². The van der Waals surface area contributed by atoms with Gasteiger partial charge in [-0.15, -0.1) is 0 Å². The summed E-state index contributed by atoms with van der Waals surface area (Å²) in [6.07, 6.45) is -0.916. The molecule has 92 valence electrons. The normalized spacial score (nSPS) is 13.2. The summed E-state index contributed by atoms with van der Waals surface area (Å²) in [5.41, 5.74) is 4.84. The van der Waals surface area contributed by atoms with Gasteiger partial charge in [0.2, 0.25) is 5.75 Å². The molecule has 0 aliphatic rings. The molecule has 0 amide bonds. The molecule has 0 radical (unpaired) electrons. The van der Waals surface area contributed by atoms with Crippen LogP contribution in [0.2, 0.25) is 0 Å². The lowest BCUT2D eigenvalue weighted by atomic mass is 10.3. The van der Waals surface area contributed by atoms with Crippen LogP contribution in [0.4, 0.5) is 10.1 Å². The second-order valence-electron chi connectivity index (χ2n) is 3.15. The molecule has 0 spiro atoms. The molecular formula is C9H10FN3O4. The molecule has 0 aliphatic heterocycles. The second-order valence-corrected chi connectivity index (χ2v) is 3.15. The Labute approximate surface area is 95.4 Å². The number of nitro benzene ring substituents is 1. The number of hydrogen-bond donors (Lipinski definition) is 2. The highest BCUT2D eigenvalue weighted by atomic mass is 19.1. The fraction of sp³-hybridized carbons (Fsp3) is 0.222. The molecule has 17 heavy (non-hydrogen) atoms. The summed E-state index contributed by atoms with van der Waals surface area (Å²) in [7, 11) is 0. The predicted octanol–water partition coefficient (Wildman–Crippen LogP) is 1.25. The summed E-state index contributed by atoms with van der Waals surface area (Å²) in [6, 6.07) is 2.78. The Morgan fingerprint density at radius 1 is 1.71 bits per heavy atom. The standard InChI is InChI=1S/C9H10FN3O4/c1-5(9(11)12-14)17-8-4-6(10)2-3-7(8)13(15)16/h2-5,14H,1H3,(H2,11,12). The van der Waals surface area contributed by atoms with Gasteiger partial charge in [-0.2, -0.15) is 0 Å². The smallest absolute Gasteiger partial charge is 0.311 e. The van der Waals surface area contributed by atoms with E-state index in [4.69, 9.17) is 15.7 Å². The number of nitrogens with zero attached hydrogens (tertiary/aromatic N) is 2. The molecule has 7 nitrogen and oxygen atoms in total. The van der Waals surface area contributed by atoms with Gasteiger partial charge in [-0.25, -0.2) is 4.39 Å². The maximum atomic E-state index is 12.9. The molecule has 1 rings (SSSR count). The van der Waals surface area contributed by atoms with Crippen LogP contribution in [-0.4, -0.2) is 22.1 Å². The van der Waals surface area contributed by atoms with Crippen LogP contribution in [0.15, 0.2) is 23.4 Å². The highest BCUT2D eigenvalue weighted by Crippen LogP contribution is 2.28. The van der Waals surface area contributed by atoms with Crippen molar-refractivity contribution in [1.29, 1.82) is 0 Å². The van der Waals surface area contributed by atoms with Crippen molar-refractivity contribution in [2.24, 2.45) is 10.9 Å². The Kier molecular flexibility index (Phi) is 3.81. The van der Waals surface area contributed by atoms with Crippen molar-refractivity contribution in [1.82, 2.24) is 0 Å². The topological polar surface area (TPSA) is 111 Å². The number of benzene rings is 1. The molecule has 0 saturated heterocycles. The van der Waals surface area contributed by atoms with Crippen LogP contribution in [-0.2, 0) is 0 Å². The number of rotatable bonds is 4. The van der Waals surface area contributed by atoms with Crippen LogP contribution in [0.5, 0.6) is 5.75 Å². The van der Waals surface area contributed by atoms with Crippen molar-refractivity contribution in [3.05, 3.63) is 34.1 Å². The van der Waals surface area contributed by atoms with Gasteiger partial charge in [-0.1, -0.05) is 5.16 Å². The van der Waals surface area contributed by atoms with Crippen molar-refractivity contribution in [3.63, 3.8) is 0 Å². The molecule has 1 aromatic rings. The lowest BCUT2D eigenvalue weighted by molar-refractivity contribution is -0.386. The first-order valence-corrected chi connectivity index (χ1v) is 4.53. The van der Waals surface area contributed by atoms with Crippen LogP contribution < -0.4 is 10.5 Å². The molecule has 8 heteroatoms. The molecule has 0 aliphatic carbocycles. The molecular weight excluding hydrogens is 233 g/mol. The number of nitro groups is 1. The fourth-order valence-electron chi connectivity index (χ4n) is 1.07. The van der Waals surface area contributed by atoms with Gasteiger partial charge in [0.25, 0.3) is 0 Å². The largest absolute Gasteiger partial charge is 0.475 e. The SMILES string of the molecule is CC(Oc1cc(F)ccc1[N+](=O)[O-])C(N)=NO. The third-order valence-electron chi connectivity index (χ3n) is 1.95. The Hall–Kier alpha value is -2.38. The Morgan fingerprint density at radius 3 is 2.88 bits per heavy atom. The molecule has 0 fully saturated rings. The van der Waals surface area contributed by atoms with Crippen molar-refractivity contribution in [2.75, 3.05) is 0 Å². The van der Waals surface area contributed by atoms with E-state index in [2.05, 4.69) is 5.16 Å². The number of amidine groups is 1. The summed E-state index contributed by atoms with van der Waals surface area (Å²) in [5, 5.41) is 21.7. The third-order valence-corrected chi connectivity index (χ3v) is 1.95. The summed E-state index contributed by atoms with van der Waals surface area (Å²) >= 11 is 0. The predicted molar refractivity (Wildman–Crippen MR) is 56.6 cm³/mol. The van der Waals surface area contributed by atoms with E-state index in [1.165, 1.54) is 6.92 Å². The highest BCUT2D eigenvalue weighted by Gasteiger charge is 2.19. The van der Waals surface area contributed by atoms with Crippen LogP contribution >= 0.6 is 0 Å². The van der Waals surface area contributed by atoms with Crippen LogP contribution in [0.3, 0.4) is 0 Å². The van der Waals surface area contributed by atoms with Crippen molar-refractivity contribution in [3.8, 4) is 5.75 Å². The second kappa shape index (κ2) is 5.10. The zero-order chi connectivity index (χ0) is 13.0. The van der Waals surface area contributed by atoms with E-state index in [0.717, 1.165) is 18.2 Å². The van der Waals surface area contributed by atoms with E-state index < -0.39 is 22.5 Å². The lowest BCUT2D eigenvalue weighted by Gasteiger charge is -2.12. The first kappa shape index (κ1) is 12.7. The molecule has 0 heterocycles. The number of hydrogen-bond acceptors (Lipinski definition) is 5. The molecule has 0 saturated carbocycles. The van der Waals surface area contributed by atoms with Crippen LogP contribution in [0, 0.1) is 15.9 Å².